The van der Waals surface area contributed by atoms with Gasteiger partial charge < -0.3 is 25.0 Å². The number of rotatable bonds is 11. The van der Waals surface area contributed by atoms with E-state index in [2.05, 4.69) is 40.9 Å². The van der Waals surface area contributed by atoms with Crippen LogP contribution in [0.2, 0.25) is 0 Å². The maximum absolute atomic E-state index is 5.45. The molecule has 2 aromatic carbocycles. The van der Waals surface area contributed by atoms with Crippen LogP contribution in [0.4, 0.5) is 5.82 Å². The fourth-order valence-corrected chi connectivity index (χ4v) is 3.27. The molecule has 1 heterocycles. The minimum Gasteiger partial charge on any atom is -0.497 e. The Labute approximate surface area is 202 Å². The molecule has 0 spiro atoms. The van der Waals surface area contributed by atoms with Crippen molar-refractivity contribution in [3.63, 3.8) is 0 Å². The van der Waals surface area contributed by atoms with Crippen LogP contribution in [0.5, 0.6) is 17.2 Å². The molecule has 180 valence electrons. The first-order valence-corrected chi connectivity index (χ1v) is 11.0. The van der Waals surface area contributed by atoms with Gasteiger partial charge in [0.2, 0.25) is 0 Å². The van der Waals surface area contributed by atoms with E-state index in [1.54, 1.807) is 21.3 Å². The second-order valence-corrected chi connectivity index (χ2v) is 7.02. The number of methoxy groups -OCH3 is 3. The second kappa shape index (κ2) is 14.2. The average molecular weight is 463 g/mol. The van der Waals surface area contributed by atoms with E-state index in [1.165, 1.54) is 0 Å². The molecule has 0 saturated carbocycles. The van der Waals surface area contributed by atoms with Crippen LogP contribution in [0, 0.1) is 0 Å². The fraction of sp³-hybridized carbons (Fsp3) is 0.259. The SMILES string of the molecule is C=C.CC/C(=N\NCc1ccccc1OC)c1ccc(NCc2ccc(OC)cc2OC)nc1. The molecule has 0 atom stereocenters. The van der Waals surface area contributed by atoms with Crippen molar-refractivity contribution in [1.82, 2.24) is 10.4 Å². The van der Waals surface area contributed by atoms with Crippen LogP contribution < -0.4 is 25.0 Å². The highest BCUT2D eigenvalue weighted by Gasteiger charge is 2.07. The number of anilines is 1. The number of aromatic nitrogens is 1. The zero-order valence-corrected chi connectivity index (χ0v) is 20.4. The van der Waals surface area contributed by atoms with Gasteiger partial charge in [0, 0.05) is 35.5 Å². The summed E-state index contributed by atoms with van der Waals surface area (Å²) < 4.78 is 16.1. The molecule has 0 fully saturated rings. The fourth-order valence-electron chi connectivity index (χ4n) is 3.27. The number of benzene rings is 2. The van der Waals surface area contributed by atoms with Crippen molar-refractivity contribution < 1.29 is 14.2 Å². The van der Waals surface area contributed by atoms with Crippen molar-refractivity contribution in [3.05, 3.63) is 90.6 Å². The smallest absolute Gasteiger partial charge is 0.127 e. The largest absolute Gasteiger partial charge is 0.497 e. The lowest BCUT2D eigenvalue weighted by Crippen LogP contribution is -2.12. The van der Waals surface area contributed by atoms with Crippen molar-refractivity contribution >= 4 is 11.5 Å². The number of pyridine rings is 1. The van der Waals surface area contributed by atoms with Gasteiger partial charge in [0.1, 0.15) is 23.1 Å². The van der Waals surface area contributed by atoms with Gasteiger partial charge >= 0.3 is 0 Å². The second-order valence-electron chi connectivity index (χ2n) is 7.02. The van der Waals surface area contributed by atoms with Crippen LogP contribution in [0.3, 0.4) is 0 Å². The third-order valence-corrected chi connectivity index (χ3v) is 5.06. The van der Waals surface area contributed by atoms with Crippen LogP contribution in [0.15, 0.2) is 79.1 Å². The van der Waals surface area contributed by atoms with Gasteiger partial charge in [-0.05, 0) is 36.8 Å². The van der Waals surface area contributed by atoms with Gasteiger partial charge in [0.25, 0.3) is 0 Å². The van der Waals surface area contributed by atoms with Crippen LogP contribution >= 0.6 is 0 Å². The minimum atomic E-state index is 0.588. The standard InChI is InChI=1S/C25H30N4O3.C2H4/c1-5-22(29-28-17-19-8-6-7-9-23(19)31-3)18-11-13-25(26-15-18)27-16-20-10-12-21(30-2)14-24(20)32-4;1-2/h6-15,28H,5,16-17H2,1-4H3,(H,26,27);1-2H2/b29-22+;. The molecule has 0 unspecified atom stereocenters. The summed E-state index contributed by atoms with van der Waals surface area (Å²) in [5.41, 5.74) is 7.15. The van der Waals surface area contributed by atoms with E-state index in [0.717, 1.165) is 51.9 Å². The third kappa shape index (κ3) is 7.27. The zero-order chi connectivity index (χ0) is 24.8. The van der Waals surface area contributed by atoms with Crippen LogP contribution in [0.1, 0.15) is 30.0 Å². The molecular formula is C27H34N4O3. The maximum Gasteiger partial charge on any atom is 0.127 e. The Hall–Kier alpha value is -4.00. The normalized spacial score (nSPS) is 10.5. The first-order chi connectivity index (χ1) is 16.7. The lowest BCUT2D eigenvalue weighted by molar-refractivity contribution is 0.391. The summed E-state index contributed by atoms with van der Waals surface area (Å²) in [5.74, 6) is 3.16. The molecule has 0 aliphatic rings. The summed E-state index contributed by atoms with van der Waals surface area (Å²) in [5, 5.41) is 7.90. The number of hydrogen-bond acceptors (Lipinski definition) is 7. The molecule has 3 aromatic rings. The monoisotopic (exact) mass is 462 g/mol. The number of nitrogens with one attached hydrogen (secondary N) is 2. The average Bonchev–Trinajstić information content (AvgIpc) is 2.91. The molecule has 0 saturated heterocycles. The molecule has 7 nitrogen and oxygen atoms in total. The lowest BCUT2D eigenvalue weighted by atomic mass is 10.1. The predicted octanol–water partition coefficient (Wildman–Crippen LogP) is 5.43. The Kier molecular flexibility index (Phi) is 11.0. The highest BCUT2D eigenvalue weighted by molar-refractivity contribution is 6.00. The molecule has 0 aliphatic heterocycles. The number of ether oxygens (including phenoxy) is 3. The molecular weight excluding hydrogens is 428 g/mol. The van der Waals surface area contributed by atoms with E-state index in [1.807, 2.05) is 60.8 Å². The van der Waals surface area contributed by atoms with Crippen LogP contribution in [0.25, 0.3) is 0 Å². The molecule has 0 bridgehead atoms. The molecule has 0 aliphatic carbocycles. The van der Waals surface area contributed by atoms with Crippen molar-refractivity contribution in [2.24, 2.45) is 5.10 Å². The van der Waals surface area contributed by atoms with Gasteiger partial charge in [0.15, 0.2) is 0 Å². The summed E-state index contributed by atoms with van der Waals surface area (Å²) in [4.78, 5) is 4.54. The van der Waals surface area contributed by atoms with Gasteiger partial charge in [-0.1, -0.05) is 25.1 Å². The molecule has 3 rings (SSSR count). The van der Waals surface area contributed by atoms with E-state index in [4.69, 9.17) is 14.2 Å². The molecule has 0 radical (unpaired) electrons. The number of para-hydroxylation sites is 1. The minimum absolute atomic E-state index is 0.588. The molecule has 2 N–H and O–H groups in total. The molecule has 34 heavy (non-hydrogen) atoms. The quantitative estimate of drug-likeness (QED) is 0.225. The van der Waals surface area contributed by atoms with Crippen molar-refractivity contribution in [2.75, 3.05) is 26.6 Å². The molecule has 0 amide bonds. The van der Waals surface area contributed by atoms with Crippen LogP contribution in [-0.2, 0) is 13.1 Å². The number of hydrogen-bond donors (Lipinski definition) is 2. The summed E-state index contributed by atoms with van der Waals surface area (Å²) in [6, 6.07) is 17.6. The van der Waals surface area contributed by atoms with Gasteiger partial charge in [0.05, 0.1) is 33.6 Å². The summed E-state index contributed by atoms with van der Waals surface area (Å²) in [6.45, 7) is 9.25. The Morgan fingerprint density at radius 2 is 1.62 bits per heavy atom. The lowest BCUT2D eigenvalue weighted by Gasteiger charge is -2.12. The highest BCUT2D eigenvalue weighted by Crippen LogP contribution is 2.25. The highest BCUT2D eigenvalue weighted by atomic mass is 16.5. The number of nitrogens with zero attached hydrogens (tertiary/aromatic N) is 2. The Morgan fingerprint density at radius 3 is 2.26 bits per heavy atom. The Morgan fingerprint density at radius 1 is 0.882 bits per heavy atom. The van der Waals surface area contributed by atoms with Crippen LogP contribution in [-0.4, -0.2) is 32.0 Å². The number of hydrazone groups is 1. The summed E-state index contributed by atoms with van der Waals surface area (Å²) in [7, 11) is 4.96. The van der Waals surface area contributed by atoms with Crippen molar-refractivity contribution in [2.45, 2.75) is 26.4 Å². The van der Waals surface area contributed by atoms with Gasteiger partial charge in [-0.2, -0.15) is 5.10 Å². The van der Waals surface area contributed by atoms with Crippen molar-refractivity contribution in [3.8, 4) is 17.2 Å². The Balaban J connectivity index is 0.00000199. The molecule has 7 heteroatoms. The first-order valence-electron chi connectivity index (χ1n) is 11.0. The maximum atomic E-state index is 5.45. The zero-order valence-electron chi connectivity index (χ0n) is 20.4. The van der Waals surface area contributed by atoms with Gasteiger partial charge in [-0.25, -0.2) is 4.98 Å². The summed E-state index contributed by atoms with van der Waals surface area (Å²) in [6.07, 6.45) is 2.62. The van der Waals surface area contributed by atoms with E-state index in [-0.39, 0.29) is 0 Å². The third-order valence-electron chi connectivity index (χ3n) is 5.06. The predicted molar refractivity (Wildman–Crippen MR) is 139 cm³/mol. The van der Waals surface area contributed by atoms with Gasteiger partial charge in [-0.15, -0.1) is 13.2 Å². The molecule has 1 aromatic heterocycles. The topological polar surface area (TPSA) is 77.0 Å². The first kappa shape index (κ1) is 26.3. The van der Waals surface area contributed by atoms with Gasteiger partial charge in [-0.3, -0.25) is 0 Å². The Bertz CT molecular complexity index is 1050. The summed E-state index contributed by atoms with van der Waals surface area (Å²) >= 11 is 0. The van der Waals surface area contributed by atoms with E-state index < -0.39 is 0 Å². The van der Waals surface area contributed by atoms with E-state index in [9.17, 15) is 0 Å². The van der Waals surface area contributed by atoms with E-state index in [0.29, 0.717) is 13.1 Å². The van der Waals surface area contributed by atoms with Crippen molar-refractivity contribution in [1.29, 1.82) is 0 Å². The van der Waals surface area contributed by atoms with E-state index >= 15 is 0 Å².